The van der Waals surface area contributed by atoms with Crippen molar-refractivity contribution in [3.8, 4) is 5.69 Å². The van der Waals surface area contributed by atoms with E-state index in [0.717, 1.165) is 49.1 Å². The van der Waals surface area contributed by atoms with Crippen LogP contribution in [-0.2, 0) is 12.8 Å². The van der Waals surface area contributed by atoms with Crippen molar-refractivity contribution in [2.45, 2.75) is 65.4 Å². The number of allylic oxidation sites excluding steroid dienone is 1. The maximum Gasteiger partial charge on any atom is 0.251 e. The molecular formula is C24H30FN3O2. The van der Waals surface area contributed by atoms with Gasteiger partial charge < -0.3 is 10.8 Å². The Labute approximate surface area is 176 Å². The van der Waals surface area contributed by atoms with Gasteiger partial charge in [-0.05, 0) is 68.4 Å². The molecule has 2 aromatic rings. The number of benzene rings is 1. The molecule has 0 atom stereocenters. The van der Waals surface area contributed by atoms with E-state index in [9.17, 15) is 9.90 Å². The molecule has 0 aliphatic heterocycles. The van der Waals surface area contributed by atoms with Crippen LogP contribution in [0.2, 0.25) is 0 Å². The Kier molecular flexibility index (Phi) is 5.30. The molecule has 0 unspecified atom stereocenters. The van der Waals surface area contributed by atoms with Gasteiger partial charge in [-0.25, -0.2) is 9.07 Å². The molecule has 1 saturated carbocycles. The van der Waals surface area contributed by atoms with Gasteiger partial charge in [0.1, 0.15) is 5.82 Å². The molecule has 4 rings (SSSR count). The Bertz CT molecular complexity index is 1010. The second-order valence-electron chi connectivity index (χ2n) is 9.56. The molecule has 0 spiro atoms. The van der Waals surface area contributed by atoms with Crippen LogP contribution in [0.15, 0.2) is 18.2 Å². The highest BCUT2D eigenvalue weighted by molar-refractivity contribution is 5.95. The van der Waals surface area contributed by atoms with Gasteiger partial charge in [-0.2, -0.15) is 5.10 Å². The molecule has 1 fully saturated rings. The summed E-state index contributed by atoms with van der Waals surface area (Å²) in [7, 11) is 0. The summed E-state index contributed by atoms with van der Waals surface area (Å²) in [4.78, 5) is 12.0. The lowest BCUT2D eigenvalue weighted by molar-refractivity contribution is 0.0990. The molecule has 1 aromatic carbocycles. The number of carbonyl (C=O) groups is 1. The van der Waals surface area contributed by atoms with Crippen molar-refractivity contribution in [1.82, 2.24) is 9.78 Å². The molecule has 0 saturated heterocycles. The zero-order valence-corrected chi connectivity index (χ0v) is 17.9. The van der Waals surface area contributed by atoms with E-state index >= 15 is 4.39 Å². The Morgan fingerprint density at radius 3 is 2.67 bits per heavy atom. The van der Waals surface area contributed by atoms with E-state index in [4.69, 9.17) is 10.8 Å². The smallest absolute Gasteiger partial charge is 0.251 e. The first-order valence-electron chi connectivity index (χ1n) is 10.7. The van der Waals surface area contributed by atoms with Gasteiger partial charge in [-0.1, -0.05) is 26.0 Å². The van der Waals surface area contributed by atoms with Crippen LogP contribution in [0.5, 0.6) is 0 Å². The molecule has 1 heterocycles. The molecule has 1 amide bonds. The maximum atomic E-state index is 15.1. The van der Waals surface area contributed by atoms with E-state index in [1.54, 1.807) is 0 Å². The first-order chi connectivity index (χ1) is 14.1. The number of aryl methyl sites for hydroxylation is 1. The fraction of sp³-hybridized carbons (Fsp3) is 0.500. The lowest BCUT2D eigenvalue weighted by atomic mass is 9.81. The first-order valence-corrected chi connectivity index (χ1v) is 10.7. The number of nitrogens with two attached hydrogens (primary N) is 1. The Morgan fingerprint density at radius 1 is 1.30 bits per heavy atom. The zero-order valence-electron chi connectivity index (χ0n) is 17.9. The third-order valence-electron chi connectivity index (χ3n) is 6.50. The van der Waals surface area contributed by atoms with Crippen LogP contribution < -0.4 is 5.73 Å². The van der Waals surface area contributed by atoms with Crippen LogP contribution in [0, 0.1) is 24.1 Å². The largest absolute Gasteiger partial charge is 0.393 e. The van der Waals surface area contributed by atoms with Crippen LogP contribution in [0.3, 0.4) is 0 Å². The number of halogens is 1. The molecular weight excluding hydrogens is 381 g/mol. The number of carbonyl (C=O) groups excluding carboxylic acids is 1. The Hall–Kier alpha value is -2.47. The number of rotatable bonds is 4. The molecule has 5 nitrogen and oxygen atoms in total. The Balaban J connectivity index is 1.77. The SMILES string of the molecule is Cc1nn(-c2cc(F)c(C(N)=O)c(CC3CCC(O)CC3)c2)c2c1C=CC(C)(C)C2. The highest BCUT2D eigenvalue weighted by Gasteiger charge is 2.28. The molecule has 3 N–H and O–H groups in total. The van der Waals surface area contributed by atoms with Crippen LogP contribution >= 0.6 is 0 Å². The number of amides is 1. The predicted octanol–water partition coefficient (Wildman–Crippen LogP) is 4.11. The summed E-state index contributed by atoms with van der Waals surface area (Å²) in [5, 5.41) is 14.5. The van der Waals surface area contributed by atoms with E-state index < -0.39 is 11.7 Å². The minimum Gasteiger partial charge on any atom is -0.393 e. The van der Waals surface area contributed by atoms with Gasteiger partial charge in [-0.15, -0.1) is 0 Å². The summed E-state index contributed by atoms with van der Waals surface area (Å²) in [5.74, 6) is -1.04. The van der Waals surface area contributed by atoms with Crippen molar-refractivity contribution in [3.05, 3.63) is 52.1 Å². The average Bonchev–Trinajstić information content (AvgIpc) is 2.97. The number of aliphatic hydroxyl groups is 1. The average molecular weight is 412 g/mol. The van der Waals surface area contributed by atoms with Gasteiger partial charge in [0.05, 0.1) is 28.7 Å². The van der Waals surface area contributed by atoms with E-state index in [2.05, 4.69) is 26.0 Å². The lowest BCUT2D eigenvalue weighted by Crippen LogP contribution is -2.23. The fourth-order valence-electron chi connectivity index (χ4n) is 4.85. The molecule has 2 aliphatic rings. The van der Waals surface area contributed by atoms with Crippen LogP contribution in [-0.4, -0.2) is 26.9 Å². The third kappa shape index (κ3) is 3.93. The van der Waals surface area contributed by atoms with Crippen molar-refractivity contribution in [1.29, 1.82) is 0 Å². The van der Waals surface area contributed by atoms with Gasteiger partial charge in [0.2, 0.25) is 0 Å². The minimum absolute atomic E-state index is 0.00526. The van der Waals surface area contributed by atoms with E-state index in [0.29, 0.717) is 23.6 Å². The monoisotopic (exact) mass is 411 g/mol. The number of nitrogens with zero attached hydrogens (tertiary/aromatic N) is 2. The molecule has 6 heteroatoms. The molecule has 0 bridgehead atoms. The van der Waals surface area contributed by atoms with Crippen molar-refractivity contribution in [2.75, 3.05) is 0 Å². The van der Waals surface area contributed by atoms with E-state index in [-0.39, 0.29) is 17.1 Å². The standard InChI is InChI=1S/C24H30FN3O2/c1-14-19-8-9-24(2,3)13-21(19)28(27-14)17-11-16(22(23(26)30)20(25)12-17)10-15-4-6-18(29)7-5-15/h8-9,11-12,15,18,29H,4-7,10,13H2,1-3H3,(H2,26,30). The van der Waals surface area contributed by atoms with Gasteiger partial charge in [0.25, 0.3) is 5.91 Å². The van der Waals surface area contributed by atoms with Gasteiger partial charge in [0.15, 0.2) is 0 Å². The molecule has 160 valence electrons. The van der Waals surface area contributed by atoms with Crippen molar-refractivity contribution < 1.29 is 14.3 Å². The van der Waals surface area contributed by atoms with Gasteiger partial charge >= 0.3 is 0 Å². The fourth-order valence-corrected chi connectivity index (χ4v) is 4.85. The van der Waals surface area contributed by atoms with E-state index in [1.807, 2.05) is 17.7 Å². The highest BCUT2D eigenvalue weighted by atomic mass is 19.1. The number of aromatic nitrogens is 2. The quantitative estimate of drug-likeness (QED) is 0.794. The van der Waals surface area contributed by atoms with Crippen LogP contribution in [0.1, 0.15) is 72.4 Å². The number of aliphatic hydroxyl groups excluding tert-OH is 1. The molecule has 30 heavy (non-hydrogen) atoms. The topological polar surface area (TPSA) is 81.1 Å². The molecule has 0 radical (unpaired) electrons. The number of primary amides is 1. The van der Waals surface area contributed by atoms with Crippen molar-refractivity contribution in [3.63, 3.8) is 0 Å². The van der Waals surface area contributed by atoms with Crippen molar-refractivity contribution >= 4 is 12.0 Å². The number of fused-ring (bicyclic) bond motifs is 1. The highest BCUT2D eigenvalue weighted by Crippen LogP contribution is 2.35. The minimum atomic E-state index is -0.743. The van der Waals surface area contributed by atoms with Gasteiger partial charge in [0, 0.05) is 11.6 Å². The summed E-state index contributed by atoms with van der Waals surface area (Å²) >= 11 is 0. The number of hydrogen-bond donors (Lipinski definition) is 2. The zero-order chi connectivity index (χ0) is 21.6. The first kappa shape index (κ1) is 20.8. The van der Waals surface area contributed by atoms with Crippen LogP contribution in [0.25, 0.3) is 11.8 Å². The van der Waals surface area contributed by atoms with E-state index in [1.165, 1.54) is 6.07 Å². The summed E-state index contributed by atoms with van der Waals surface area (Å²) in [6.07, 6.45) is 8.61. The normalized spacial score (nSPS) is 22.7. The molecule has 2 aliphatic carbocycles. The summed E-state index contributed by atoms with van der Waals surface area (Å²) in [6.45, 7) is 6.29. The van der Waals surface area contributed by atoms with Gasteiger partial charge in [-0.3, -0.25) is 4.79 Å². The summed E-state index contributed by atoms with van der Waals surface area (Å²) < 4.78 is 16.9. The lowest BCUT2D eigenvalue weighted by Gasteiger charge is -2.27. The summed E-state index contributed by atoms with van der Waals surface area (Å²) in [5.41, 5.74) is 9.79. The maximum absolute atomic E-state index is 15.1. The van der Waals surface area contributed by atoms with Crippen molar-refractivity contribution in [2.24, 2.45) is 17.1 Å². The third-order valence-corrected chi connectivity index (χ3v) is 6.50. The number of hydrogen-bond acceptors (Lipinski definition) is 3. The predicted molar refractivity (Wildman–Crippen MR) is 115 cm³/mol. The second-order valence-corrected chi connectivity index (χ2v) is 9.56. The Morgan fingerprint density at radius 2 is 2.00 bits per heavy atom. The molecule has 1 aromatic heterocycles. The second kappa shape index (κ2) is 7.65. The summed E-state index contributed by atoms with van der Waals surface area (Å²) in [6, 6.07) is 3.23. The van der Waals surface area contributed by atoms with Crippen LogP contribution in [0.4, 0.5) is 4.39 Å².